The number of aryl methyl sites for hydroxylation is 1. The summed E-state index contributed by atoms with van der Waals surface area (Å²) in [6.45, 7) is 1.46. The number of benzene rings is 1. The molecule has 1 aromatic carbocycles. The first-order valence-corrected chi connectivity index (χ1v) is 9.40. The number of alkyl halides is 6. The number of hydrogen-bond donors (Lipinski definition) is 2. The van der Waals surface area contributed by atoms with Gasteiger partial charge < -0.3 is 15.8 Å². The van der Waals surface area contributed by atoms with E-state index in [1.165, 1.54) is 13.3 Å². The van der Waals surface area contributed by atoms with E-state index < -0.39 is 35.4 Å². The van der Waals surface area contributed by atoms with Crippen molar-refractivity contribution in [1.29, 1.82) is 0 Å². The van der Waals surface area contributed by atoms with Gasteiger partial charge in [-0.2, -0.15) is 36.1 Å². The summed E-state index contributed by atoms with van der Waals surface area (Å²) in [5.74, 6) is -5.41. The minimum Gasteiger partial charge on any atom is -0.427 e. The number of aromatic nitrogens is 5. The molecular formula is C19H15F6N7O3. The lowest BCUT2D eigenvalue weighted by Gasteiger charge is -2.34. The van der Waals surface area contributed by atoms with Gasteiger partial charge in [0.25, 0.3) is 5.91 Å². The van der Waals surface area contributed by atoms with Crippen molar-refractivity contribution in [3.8, 4) is 17.1 Å². The average molecular weight is 503 g/mol. The van der Waals surface area contributed by atoms with Gasteiger partial charge in [0.1, 0.15) is 12.7 Å². The van der Waals surface area contributed by atoms with Gasteiger partial charge >= 0.3 is 23.9 Å². The first-order valence-electron chi connectivity index (χ1n) is 9.40. The van der Waals surface area contributed by atoms with Gasteiger partial charge in [-0.15, -0.1) is 0 Å². The lowest BCUT2D eigenvalue weighted by Crippen LogP contribution is -2.57. The van der Waals surface area contributed by atoms with Crippen LogP contribution in [0.15, 0.2) is 37.1 Å². The Hall–Kier alpha value is -4.24. The second kappa shape index (κ2) is 8.84. The number of esters is 1. The topological polar surface area (TPSA) is 138 Å². The number of carbonyl (C=O) groups excluding carboxylic acids is 2. The summed E-state index contributed by atoms with van der Waals surface area (Å²) in [6, 6.07) is 2.53. The Morgan fingerprint density at radius 1 is 1.14 bits per heavy atom. The molecule has 0 aliphatic rings. The Morgan fingerprint density at radius 2 is 1.83 bits per heavy atom. The number of nitrogens with two attached hydrogens (primary N) is 1. The maximum absolute atomic E-state index is 14.2. The Bertz CT molecular complexity index is 1260. The summed E-state index contributed by atoms with van der Waals surface area (Å²) >= 11 is 0. The highest BCUT2D eigenvalue weighted by molar-refractivity contribution is 5.91. The number of carbonyl (C=O) groups is 2. The van der Waals surface area contributed by atoms with Crippen LogP contribution in [0, 0.1) is 6.92 Å². The predicted octanol–water partition coefficient (Wildman–Crippen LogP) is 2.22. The van der Waals surface area contributed by atoms with Crippen LogP contribution in [-0.4, -0.2) is 56.0 Å². The molecule has 16 heteroatoms. The number of ether oxygens (including phenoxy) is 1. The lowest BCUT2D eigenvalue weighted by molar-refractivity contribution is -0.281. The zero-order valence-corrected chi connectivity index (χ0v) is 17.8. The van der Waals surface area contributed by atoms with Crippen LogP contribution in [0.25, 0.3) is 17.1 Å². The zero-order chi connectivity index (χ0) is 26.2. The van der Waals surface area contributed by atoms with Crippen LogP contribution in [0.3, 0.4) is 0 Å². The quantitative estimate of drug-likeness (QED) is 0.400. The third-order valence-electron chi connectivity index (χ3n) is 4.76. The number of hydrogen-bond acceptors (Lipinski definition) is 8. The van der Waals surface area contributed by atoms with E-state index in [9.17, 15) is 35.9 Å². The molecule has 0 fully saturated rings. The van der Waals surface area contributed by atoms with Gasteiger partial charge in [0, 0.05) is 18.2 Å². The van der Waals surface area contributed by atoms with Crippen LogP contribution in [0.2, 0.25) is 0 Å². The zero-order valence-electron chi connectivity index (χ0n) is 17.8. The first kappa shape index (κ1) is 25.4. The van der Waals surface area contributed by atoms with Gasteiger partial charge in [-0.25, -0.2) is 19.7 Å². The van der Waals surface area contributed by atoms with Crippen molar-refractivity contribution in [2.75, 3.05) is 12.8 Å². The summed E-state index contributed by atoms with van der Waals surface area (Å²) in [5, 5.41) is 5.45. The molecule has 3 aromatic rings. The molecule has 1 atom stereocenters. The monoisotopic (exact) mass is 503 g/mol. The lowest BCUT2D eigenvalue weighted by atomic mass is 9.88. The van der Waals surface area contributed by atoms with E-state index in [0.29, 0.717) is 11.6 Å². The molecule has 3 N–H and O–H groups in total. The van der Waals surface area contributed by atoms with Crippen molar-refractivity contribution in [3.05, 3.63) is 48.2 Å². The van der Waals surface area contributed by atoms with E-state index >= 15 is 0 Å². The number of likely N-dealkylation sites (N-methyl/N-ethyl adjacent to an activating group) is 1. The largest absolute Gasteiger partial charge is 0.490 e. The van der Waals surface area contributed by atoms with E-state index in [1.807, 2.05) is 0 Å². The number of anilines is 1. The highest BCUT2D eigenvalue weighted by Crippen LogP contribution is 2.45. The molecule has 0 bridgehead atoms. The van der Waals surface area contributed by atoms with E-state index in [-0.39, 0.29) is 22.9 Å². The maximum atomic E-state index is 14.2. The Morgan fingerprint density at radius 3 is 2.37 bits per heavy atom. The highest BCUT2D eigenvalue weighted by Gasteiger charge is 2.67. The van der Waals surface area contributed by atoms with Crippen LogP contribution >= 0.6 is 0 Å². The predicted molar refractivity (Wildman–Crippen MR) is 105 cm³/mol. The summed E-state index contributed by atoms with van der Waals surface area (Å²) in [7, 11) is 0.745. The fourth-order valence-corrected chi connectivity index (χ4v) is 3.08. The maximum Gasteiger partial charge on any atom is 0.490 e. The van der Waals surface area contributed by atoms with E-state index in [4.69, 9.17) is 5.73 Å². The highest BCUT2D eigenvalue weighted by atomic mass is 19.4. The number of nitrogens with one attached hydrogen (secondary N) is 1. The summed E-state index contributed by atoms with van der Waals surface area (Å²) in [6.07, 6.45) is -8.12. The number of rotatable bonds is 5. The minimum atomic E-state index is -5.81. The smallest absolute Gasteiger partial charge is 0.427 e. The Labute approximate surface area is 192 Å². The fraction of sp³-hybridized carbons (Fsp3) is 0.263. The Balaban J connectivity index is 2.26. The molecule has 186 valence electrons. The molecule has 1 amide bonds. The molecule has 0 unspecified atom stereocenters. The third-order valence-corrected chi connectivity index (χ3v) is 4.76. The molecule has 35 heavy (non-hydrogen) atoms. The van der Waals surface area contributed by atoms with E-state index in [2.05, 4.69) is 24.8 Å². The molecule has 0 aliphatic heterocycles. The minimum absolute atomic E-state index is 0.0401. The van der Waals surface area contributed by atoms with Crippen LogP contribution in [0.5, 0.6) is 0 Å². The number of halogens is 6. The van der Waals surface area contributed by atoms with Crippen molar-refractivity contribution < 1.29 is 40.7 Å². The molecule has 0 saturated heterocycles. The molecule has 0 saturated carbocycles. The first-order chi connectivity index (χ1) is 16.2. The third kappa shape index (κ3) is 4.58. The fourth-order valence-electron chi connectivity index (χ4n) is 3.08. The van der Waals surface area contributed by atoms with Crippen LogP contribution < -0.4 is 11.1 Å². The number of amides is 1. The molecule has 0 aliphatic carbocycles. The standard InChI is InChI=1S/C19H15F6N7O3/c1-9-3-4-10(17(15(33)27-2,19(23,24)25)35-16(34)18(20,21)22)5-11(9)12-6-29-13(26)14(31-12)32-8-28-7-30-32/h3-8H,1-2H3,(H2,26,29)(H,27,33)/t17-/m0/s1. The summed E-state index contributed by atoms with van der Waals surface area (Å²) in [5.41, 5.74) is 0.500. The molecule has 2 heterocycles. The van der Waals surface area contributed by atoms with Crippen molar-refractivity contribution in [2.45, 2.75) is 24.9 Å². The number of nitrogen functional groups attached to an aromatic ring is 1. The molecule has 0 radical (unpaired) electrons. The van der Waals surface area contributed by atoms with Gasteiger partial charge in [-0.3, -0.25) is 4.79 Å². The van der Waals surface area contributed by atoms with Gasteiger partial charge in [0.2, 0.25) is 0 Å². The van der Waals surface area contributed by atoms with Crippen LogP contribution in [-0.2, 0) is 19.9 Å². The summed E-state index contributed by atoms with van der Waals surface area (Å²) in [4.78, 5) is 35.7. The molecule has 2 aromatic heterocycles. The number of nitrogens with zero attached hydrogens (tertiary/aromatic N) is 5. The van der Waals surface area contributed by atoms with Gasteiger partial charge in [-0.05, 0) is 18.6 Å². The van der Waals surface area contributed by atoms with Gasteiger partial charge in [0.15, 0.2) is 11.6 Å². The van der Waals surface area contributed by atoms with E-state index in [0.717, 1.165) is 36.4 Å². The normalized spacial score (nSPS) is 13.7. The van der Waals surface area contributed by atoms with E-state index in [1.54, 1.807) is 5.32 Å². The molecular weight excluding hydrogens is 488 g/mol. The molecule has 3 rings (SSSR count). The SMILES string of the molecule is CNC(=O)[C@@](OC(=O)C(F)(F)F)(c1ccc(C)c(-c2cnc(N)c(-n3cncn3)n2)c1)C(F)(F)F. The van der Waals surface area contributed by atoms with Crippen LogP contribution in [0.4, 0.5) is 32.2 Å². The van der Waals surface area contributed by atoms with Crippen molar-refractivity contribution in [1.82, 2.24) is 30.0 Å². The van der Waals surface area contributed by atoms with Crippen molar-refractivity contribution in [2.24, 2.45) is 0 Å². The molecule has 10 nitrogen and oxygen atoms in total. The van der Waals surface area contributed by atoms with Crippen molar-refractivity contribution in [3.63, 3.8) is 0 Å². The van der Waals surface area contributed by atoms with Gasteiger partial charge in [0.05, 0.1) is 11.9 Å². The second-order valence-corrected chi connectivity index (χ2v) is 6.98. The second-order valence-electron chi connectivity index (χ2n) is 6.98. The van der Waals surface area contributed by atoms with Gasteiger partial charge in [-0.1, -0.05) is 12.1 Å². The average Bonchev–Trinajstić information content (AvgIpc) is 3.31. The van der Waals surface area contributed by atoms with Crippen LogP contribution in [0.1, 0.15) is 11.1 Å². The van der Waals surface area contributed by atoms with Crippen molar-refractivity contribution >= 4 is 17.7 Å². The summed E-state index contributed by atoms with van der Waals surface area (Å²) < 4.78 is 86.2. The molecule has 0 spiro atoms. The Kier molecular flexibility index (Phi) is 6.41.